The summed E-state index contributed by atoms with van der Waals surface area (Å²) in [6, 6.07) is 0. The molecule has 8 heteroatoms. The zero-order valence-electron chi connectivity index (χ0n) is 9.34. The van der Waals surface area contributed by atoms with E-state index < -0.39 is 0 Å². The fourth-order valence-electron chi connectivity index (χ4n) is 1.88. The van der Waals surface area contributed by atoms with Crippen LogP contribution in [-0.4, -0.2) is 47.0 Å². The average Bonchev–Trinajstić information content (AvgIpc) is 2.91. The summed E-state index contributed by atoms with van der Waals surface area (Å²) in [5, 5.41) is 4.06. The summed E-state index contributed by atoms with van der Waals surface area (Å²) in [4.78, 5) is 16.7. The average molecular weight is 243 g/mol. The van der Waals surface area contributed by atoms with Crippen LogP contribution in [0.5, 0.6) is 0 Å². The van der Waals surface area contributed by atoms with Gasteiger partial charge in [0.1, 0.15) is 19.0 Å². The molecule has 8 nitrogen and oxygen atoms in total. The summed E-state index contributed by atoms with van der Waals surface area (Å²) in [5.41, 5.74) is 1.50. The third-order valence-electron chi connectivity index (χ3n) is 2.82. The lowest BCUT2D eigenvalue weighted by molar-refractivity contribution is 0.384. The van der Waals surface area contributed by atoms with Gasteiger partial charge in [0.2, 0.25) is 0 Å². The monoisotopic (exact) mass is 243 g/mol. The maximum absolute atomic E-state index is 5.21. The van der Waals surface area contributed by atoms with Gasteiger partial charge in [-0.05, 0) is 0 Å². The molecule has 0 spiro atoms. The molecule has 1 fully saturated rings. The van der Waals surface area contributed by atoms with Gasteiger partial charge < -0.3 is 9.30 Å². The third kappa shape index (κ3) is 1.46. The van der Waals surface area contributed by atoms with Crippen LogP contribution in [0.25, 0.3) is 17.0 Å². The van der Waals surface area contributed by atoms with Gasteiger partial charge in [-0.15, -0.1) is 0 Å². The second-order valence-electron chi connectivity index (χ2n) is 4.06. The van der Waals surface area contributed by atoms with Crippen LogP contribution in [-0.2, 0) is 11.3 Å². The number of hydrogen-bond donors (Lipinski definition) is 0. The van der Waals surface area contributed by atoms with E-state index in [0.717, 1.165) is 18.8 Å². The van der Waals surface area contributed by atoms with Crippen molar-refractivity contribution < 1.29 is 4.74 Å². The highest BCUT2D eigenvalue weighted by molar-refractivity contribution is 5.78. The van der Waals surface area contributed by atoms with Crippen LogP contribution in [0.4, 0.5) is 0 Å². The molecule has 4 rings (SSSR count). The molecule has 1 aliphatic rings. The van der Waals surface area contributed by atoms with Crippen molar-refractivity contribution in [2.45, 2.75) is 12.6 Å². The first-order valence-electron chi connectivity index (χ1n) is 5.54. The normalized spacial score (nSPS) is 18.3. The molecule has 90 valence electrons. The van der Waals surface area contributed by atoms with Crippen LogP contribution < -0.4 is 0 Å². The summed E-state index contributed by atoms with van der Waals surface area (Å²) in [5.74, 6) is 0.632. The first kappa shape index (κ1) is 9.66. The van der Waals surface area contributed by atoms with E-state index in [1.807, 2.05) is 4.57 Å². The van der Waals surface area contributed by atoms with Crippen molar-refractivity contribution >= 4 is 11.2 Å². The molecule has 0 aromatic carbocycles. The van der Waals surface area contributed by atoms with Crippen molar-refractivity contribution in [1.82, 2.24) is 34.3 Å². The molecule has 1 aliphatic heterocycles. The molecule has 3 aromatic heterocycles. The van der Waals surface area contributed by atoms with Crippen LogP contribution in [0.3, 0.4) is 0 Å². The van der Waals surface area contributed by atoms with Crippen LogP contribution in [0.1, 0.15) is 0 Å². The SMILES string of the molecule is c1nc(-n2cncn2)c2ncn(CC3CO3)c2n1. The summed E-state index contributed by atoms with van der Waals surface area (Å²) in [6.45, 7) is 1.57. The van der Waals surface area contributed by atoms with Crippen molar-refractivity contribution in [1.29, 1.82) is 0 Å². The van der Waals surface area contributed by atoms with E-state index in [4.69, 9.17) is 4.74 Å². The topological polar surface area (TPSA) is 86.8 Å². The minimum atomic E-state index is 0.284. The number of imidazole rings is 1. The molecule has 0 N–H and O–H groups in total. The van der Waals surface area contributed by atoms with E-state index in [1.54, 1.807) is 17.3 Å². The predicted molar refractivity (Wildman–Crippen MR) is 60.0 cm³/mol. The van der Waals surface area contributed by atoms with Crippen LogP contribution in [0.15, 0.2) is 25.3 Å². The Morgan fingerprint density at radius 3 is 2.94 bits per heavy atom. The summed E-state index contributed by atoms with van der Waals surface area (Å²) < 4.78 is 8.76. The first-order valence-corrected chi connectivity index (χ1v) is 5.54. The molecule has 0 bridgehead atoms. The smallest absolute Gasteiger partial charge is 0.186 e. The Balaban J connectivity index is 1.86. The highest BCUT2D eigenvalue weighted by atomic mass is 16.6. The zero-order chi connectivity index (χ0) is 11.9. The lowest BCUT2D eigenvalue weighted by atomic mass is 10.4. The quantitative estimate of drug-likeness (QED) is 0.592. The molecule has 1 saturated heterocycles. The number of fused-ring (bicyclic) bond motifs is 1. The molecular weight excluding hydrogens is 234 g/mol. The molecule has 0 aliphatic carbocycles. The number of ether oxygens (including phenoxy) is 1. The number of epoxide rings is 1. The van der Waals surface area contributed by atoms with Gasteiger partial charge >= 0.3 is 0 Å². The molecule has 18 heavy (non-hydrogen) atoms. The van der Waals surface area contributed by atoms with Gasteiger partial charge in [-0.1, -0.05) is 0 Å². The van der Waals surface area contributed by atoms with Crippen LogP contribution in [0.2, 0.25) is 0 Å². The molecule has 0 radical (unpaired) electrons. The maximum Gasteiger partial charge on any atom is 0.186 e. The number of rotatable bonds is 3. The van der Waals surface area contributed by atoms with E-state index in [1.165, 1.54) is 12.7 Å². The zero-order valence-corrected chi connectivity index (χ0v) is 9.34. The summed E-state index contributed by atoms with van der Waals surface area (Å²) in [6.07, 6.45) is 6.59. The molecule has 1 unspecified atom stereocenters. The fraction of sp³-hybridized carbons (Fsp3) is 0.300. The molecule has 0 saturated carbocycles. The fourth-order valence-corrected chi connectivity index (χ4v) is 1.88. The van der Waals surface area contributed by atoms with Gasteiger partial charge in [0, 0.05) is 0 Å². The van der Waals surface area contributed by atoms with Crippen LogP contribution in [0, 0.1) is 0 Å². The van der Waals surface area contributed by atoms with E-state index >= 15 is 0 Å². The molecule has 3 aromatic rings. The second-order valence-corrected chi connectivity index (χ2v) is 4.06. The molecule has 0 amide bonds. The van der Waals surface area contributed by atoms with Gasteiger partial charge in [-0.3, -0.25) is 0 Å². The minimum absolute atomic E-state index is 0.284. The molecular formula is C10H9N7O. The highest BCUT2D eigenvalue weighted by Crippen LogP contribution is 2.18. The Bertz CT molecular complexity index is 685. The van der Waals surface area contributed by atoms with Gasteiger partial charge in [0.25, 0.3) is 0 Å². The van der Waals surface area contributed by atoms with E-state index in [0.29, 0.717) is 11.3 Å². The molecule has 4 heterocycles. The van der Waals surface area contributed by atoms with Gasteiger partial charge in [-0.25, -0.2) is 24.6 Å². The standard InChI is InChI=1S/C10H9N7O/c1(7-2-18-7)16-6-14-8-9(16)12-4-13-10(8)17-5-11-3-15-17/h3-7H,1-2H2. The highest BCUT2D eigenvalue weighted by Gasteiger charge is 2.24. The summed E-state index contributed by atoms with van der Waals surface area (Å²) in [7, 11) is 0. The summed E-state index contributed by atoms with van der Waals surface area (Å²) >= 11 is 0. The Morgan fingerprint density at radius 2 is 2.17 bits per heavy atom. The Hall–Kier alpha value is -2.35. The van der Waals surface area contributed by atoms with E-state index in [-0.39, 0.29) is 6.10 Å². The van der Waals surface area contributed by atoms with E-state index in [9.17, 15) is 0 Å². The van der Waals surface area contributed by atoms with Crippen molar-refractivity contribution in [3.05, 3.63) is 25.3 Å². The van der Waals surface area contributed by atoms with Gasteiger partial charge in [0.15, 0.2) is 17.0 Å². The largest absolute Gasteiger partial charge is 0.371 e. The van der Waals surface area contributed by atoms with Crippen molar-refractivity contribution in [3.8, 4) is 5.82 Å². The lowest BCUT2D eigenvalue weighted by Gasteiger charge is -2.01. The number of aromatic nitrogens is 7. The lowest BCUT2D eigenvalue weighted by Crippen LogP contribution is -2.05. The Morgan fingerprint density at radius 1 is 1.22 bits per heavy atom. The second kappa shape index (κ2) is 3.57. The van der Waals surface area contributed by atoms with Gasteiger partial charge in [0.05, 0.1) is 25.6 Å². The first-order chi connectivity index (χ1) is 8.92. The Kier molecular flexibility index (Phi) is 1.92. The number of nitrogens with zero attached hydrogens (tertiary/aromatic N) is 7. The predicted octanol–water partition coefficient (Wildman–Crippen LogP) is -0.194. The van der Waals surface area contributed by atoms with Crippen molar-refractivity contribution in [2.24, 2.45) is 0 Å². The van der Waals surface area contributed by atoms with Crippen LogP contribution >= 0.6 is 0 Å². The van der Waals surface area contributed by atoms with Crippen molar-refractivity contribution in [2.75, 3.05) is 6.61 Å². The maximum atomic E-state index is 5.21. The number of hydrogen-bond acceptors (Lipinski definition) is 6. The third-order valence-corrected chi connectivity index (χ3v) is 2.82. The minimum Gasteiger partial charge on any atom is -0.371 e. The van der Waals surface area contributed by atoms with Gasteiger partial charge in [-0.2, -0.15) is 5.10 Å². The Labute approximate surface area is 101 Å². The van der Waals surface area contributed by atoms with Crippen molar-refractivity contribution in [3.63, 3.8) is 0 Å². The van der Waals surface area contributed by atoms with E-state index in [2.05, 4.69) is 25.0 Å². The molecule has 1 atom stereocenters.